The molecule has 202 valence electrons. The summed E-state index contributed by atoms with van der Waals surface area (Å²) in [6, 6.07) is 12.4. The van der Waals surface area contributed by atoms with Crippen molar-refractivity contribution in [3.05, 3.63) is 77.5 Å². The quantitative estimate of drug-likeness (QED) is 0.325. The molecule has 1 fully saturated rings. The molecular weight excluding hydrogens is 511 g/mol. The van der Waals surface area contributed by atoms with Crippen LogP contribution < -0.4 is 21.3 Å². The number of amides is 1. The summed E-state index contributed by atoms with van der Waals surface area (Å²) < 4.78 is 65.7. The SMILES string of the molecule is NC(=O)c1cnc(Nc2ccc(N3CCN(C(O)C(F)(F)F)CC3)cc2)cc1NCc1cccc(F)c1F. The summed E-state index contributed by atoms with van der Waals surface area (Å²) in [5, 5.41) is 15.4. The minimum absolute atomic E-state index is 0.0616. The molecule has 4 rings (SSSR count). The number of nitrogens with zero attached hydrogens (tertiary/aromatic N) is 3. The van der Waals surface area contributed by atoms with Crippen LogP contribution in [0.15, 0.2) is 54.7 Å². The van der Waals surface area contributed by atoms with E-state index in [9.17, 15) is 31.9 Å². The number of pyridine rings is 1. The molecule has 1 aromatic heterocycles. The number of nitrogens with two attached hydrogens (primary N) is 1. The Kier molecular flexibility index (Phi) is 7.97. The molecule has 1 atom stereocenters. The van der Waals surface area contributed by atoms with Crippen molar-refractivity contribution in [3.8, 4) is 0 Å². The summed E-state index contributed by atoms with van der Waals surface area (Å²) in [5.74, 6) is -2.38. The van der Waals surface area contributed by atoms with Crippen LogP contribution in [0, 0.1) is 11.6 Å². The third-order valence-corrected chi connectivity index (χ3v) is 6.13. The van der Waals surface area contributed by atoms with Gasteiger partial charge in [-0.1, -0.05) is 12.1 Å². The summed E-state index contributed by atoms with van der Waals surface area (Å²) in [7, 11) is 0. The third-order valence-electron chi connectivity index (χ3n) is 6.13. The fourth-order valence-corrected chi connectivity index (χ4v) is 4.08. The van der Waals surface area contributed by atoms with Crippen molar-refractivity contribution in [2.24, 2.45) is 5.73 Å². The molecule has 0 radical (unpaired) electrons. The second-order valence-electron chi connectivity index (χ2n) is 8.66. The number of aromatic nitrogens is 1. The molecule has 0 aliphatic carbocycles. The lowest BCUT2D eigenvalue weighted by Gasteiger charge is -2.38. The molecule has 1 aliphatic heterocycles. The molecule has 1 unspecified atom stereocenters. The Morgan fingerprint density at radius 1 is 1.08 bits per heavy atom. The van der Waals surface area contributed by atoms with E-state index in [1.807, 2.05) is 4.90 Å². The maximum atomic E-state index is 14.0. The summed E-state index contributed by atoms with van der Waals surface area (Å²) in [4.78, 5) is 18.9. The smallest absolute Gasteiger partial charge is 0.380 e. The number of aliphatic hydroxyl groups is 1. The number of halogens is 5. The second kappa shape index (κ2) is 11.2. The molecule has 0 saturated carbocycles. The number of anilines is 4. The van der Waals surface area contributed by atoms with Gasteiger partial charge in [0.15, 0.2) is 11.6 Å². The van der Waals surface area contributed by atoms with Gasteiger partial charge in [0.05, 0.1) is 11.3 Å². The molecule has 1 saturated heterocycles. The lowest BCUT2D eigenvalue weighted by atomic mass is 10.1. The molecule has 3 aromatic rings. The first-order valence-electron chi connectivity index (χ1n) is 11.6. The first-order chi connectivity index (χ1) is 18.0. The average molecular weight is 537 g/mol. The Balaban J connectivity index is 1.41. The summed E-state index contributed by atoms with van der Waals surface area (Å²) >= 11 is 0. The van der Waals surface area contributed by atoms with Gasteiger partial charge in [-0.2, -0.15) is 13.2 Å². The van der Waals surface area contributed by atoms with Crippen molar-refractivity contribution in [2.45, 2.75) is 18.9 Å². The fourth-order valence-electron chi connectivity index (χ4n) is 4.08. The summed E-state index contributed by atoms with van der Waals surface area (Å²) in [6.07, 6.45) is -5.90. The Morgan fingerprint density at radius 3 is 2.39 bits per heavy atom. The van der Waals surface area contributed by atoms with Crippen LogP contribution in [0.5, 0.6) is 0 Å². The van der Waals surface area contributed by atoms with Crippen molar-refractivity contribution in [2.75, 3.05) is 41.7 Å². The number of aliphatic hydroxyl groups excluding tert-OH is 1. The maximum Gasteiger partial charge on any atom is 0.428 e. The van der Waals surface area contributed by atoms with E-state index >= 15 is 0 Å². The molecular formula is C25H25F5N6O2. The van der Waals surface area contributed by atoms with Crippen LogP contribution in [0.3, 0.4) is 0 Å². The van der Waals surface area contributed by atoms with Crippen LogP contribution in [0.25, 0.3) is 0 Å². The zero-order chi connectivity index (χ0) is 27.4. The average Bonchev–Trinajstić information content (AvgIpc) is 2.89. The Bertz CT molecular complexity index is 1280. The van der Waals surface area contributed by atoms with Crippen molar-refractivity contribution in [3.63, 3.8) is 0 Å². The number of carbonyl (C=O) groups excluding carboxylic acids is 1. The lowest BCUT2D eigenvalue weighted by Crippen LogP contribution is -2.54. The highest BCUT2D eigenvalue weighted by Gasteiger charge is 2.43. The van der Waals surface area contributed by atoms with Gasteiger partial charge in [-0.25, -0.2) is 13.8 Å². The van der Waals surface area contributed by atoms with Crippen molar-refractivity contribution < 1.29 is 31.9 Å². The predicted octanol–water partition coefficient (Wildman–Crippen LogP) is 3.82. The van der Waals surface area contributed by atoms with Crippen molar-refractivity contribution in [1.82, 2.24) is 9.88 Å². The van der Waals surface area contributed by atoms with Gasteiger partial charge in [0.1, 0.15) is 5.82 Å². The molecule has 13 heteroatoms. The van der Waals surface area contributed by atoms with E-state index < -0.39 is 29.9 Å². The zero-order valence-electron chi connectivity index (χ0n) is 20.0. The monoisotopic (exact) mass is 536 g/mol. The van der Waals surface area contributed by atoms with Gasteiger partial charge < -0.3 is 26.4 Å². The number of primary amides is 1. The maximum absolute atomic E-state index is 14.0. The molecule has 0 spiro atoms. The van der Waals surface area contributed by atoms with Gasteiger partial charge in [-0.15, -0.1) is 0 Å². The zero-order valence-corrected chi connectivity index (χ0v) is 20.0. The molecule has 8 nitrogen and oxygen atoms in total. The van der Waals surface area contributed by atoms with Crippen molar-refractivity contribution >= 4 is 28.8 Å². The van der Waals surface area contributed by atoms with E-state index in [1.54, 1.807) is 24.3 Å². The summed E-state index contributed by atoms with van der Waals surface area (Å²) in [5.41, 5.74) is 7.27. The molecule has 1 aliphatic rings. The molecule has 5 N–H and O–H groups in total. The van der Waals surface area contributed by atoms with Gasteiger partial charge in [0.25, 0.3) is 5.91 Å². The topological polar surface area (TPSA) is 107 Å². The number of rotatable bonds is 8. The van der Waals surface area contributed by atoms with Crippen molar-refractivity contribution in [1.29, 1.82) is 0 Å². The minimum atomic E-state index is -4.69. The van der Waals surface area contributed by atoms with Gasteiger partial charge >= 0.3 is 6.18 Å². The highest BCUT2D eigenvalue weighted by Crippen LogP contribution is 2.27. The van der Waals surface area contributed by atoms with Crippen LogP contribution in [0.4, 0.5) is 44.8 Å². The van der Waals surface area contributed by atoms with Crippen LogP contribution in [-0.2, 0) is 6.54 Å². The number of benzene rings is 2. The standard InChI is InChI=1S/C25H25F5N6O2/c26-19-3-1-2-15(22(19)27)13-32-20-12-21(33-14-18(20)23(31)37)34-16-4-6-17(7-5-16)35-8-10-36(11-9-35)24(38)25(28,29)30/h1-7,12,14,24,38H,8-11,13H2,(H2,31,37)(H2,32,33,34). The fraction of sp³-hybridized carbons (Fsp3) is 0.280. The molecule has 2 aromatic carbocycles. The Morgan fingerprint density at radius 2 is 1.76 bits per heavy atom. The third kappa shape index (κ3) is 6.29. The summed E-state index contributed by atoms with van der Waals surface area (Å²) in [6.45, 7) is 0.654. The minimum Gasteiger partial charge on any atom is -0.380 e. The second-order valence-corrected chi connectivity index (χ2v) is 8.66. The highest BCUT2D eigenvalue weighted by molar-refractivity contribution is 5.98. The number of piperazine rings is 1. The van der Waals surface area contributed by atoms with Crippen LogP contribution in [0.1, 0.15) is 15.9 Å². The number of carbonyl (C=O) groups is 1. The number of hydrogen-bond acceptors (Lipinski definition) is 7. The molecule has 2 heterocycles. The highest BCUT2D eigenvalue weighted by atomic mass is 19.4. The first-order valence-corrected chi connectivity index (χ1v) is 11.6. The van der Waals surface area contributed by atoms with E-state index in [-0.39, 0.29) is 36.4 Å². The Labute approximate surface area is 214 Å². The van der Waals surface area contributed by atoms with Crippen LogP contribution in [-0.4, -0.2) is 59.5 Å². The lowest BCUT2D eigenvalue weighted by molar-refractivity contribution is -0.250. The number of alkyl halides is 3. The van der Waals surface area contributed by atoms with Gasteiger partial charge in [-0.3, -0.25) is 9.69 Å². The Hall–Kier alpha value is -3.97. The van der Waals surface area contributed by atoms with Gasteiger partial charge in [0.2, 0.25) is 6.23 Å². The normalized spacial score (nSPS) is 15.3. The van der Waals surface area contributed by atoms with E-state index in [0.717, 1.165) is 16.7 Å². The predicted molar refractivity (Wildman–Crippen MR) is 132 cm³/mol. The van der Waals surface area contributed by atoms with E-state index in [4.69, 9.17) is 5.73 Å². The molecule has 1 amide bonds. The molecule has 0 bridgehead atoms. The van der Waals surface area contributed by atoms with E-state index in [1.165, 1.54) is 24.4 Å². The van der Waals surface area contributed by atoms with Gasteiger partial charge in [-0.05, 0) is 30.3 Å². The van der Waals surface area contributed by atoms with Crippen LogP contribution >= 0.6 is 0 Å². The van der Waals surface area contributed by atoms with Gasteiger partial charge in [0, 0.05) is 61.9 Å². The largest absolute Gasteiger partial charge is 0.428 e. The van der Waals surface area contributed by atoms with E-state index in [0.29, 0.717) is 24.6 Å². The number of hydrogen-bond donors (Lipinski definition) is 4. The molecule has 38 heavy (non-hydrogen) atoms. The van der Waals surface area contributed by atoms with Crippen LogP contribution in [0.2, 0.25) is 0 Å². The number of nitrogens with one attached hydrogen (secondary N) is 2. The van der Waals surface area contributed by atoms with E-state index in [2.05, 4.69) is 15.6 Å². The first kappa shape index (κ1) is 27.1.